The predicted octanol–water partition coefficient (Wildman–Crippen LogP) is 1.79. The molecule has 2 saturated carbocycles. The zero-order valence-electron chi connectivity index (χ0n) is 14.0. The molecule has 1 aromatic heterocycles. The molecule has 0 bridgehead atoms. The van der Waals surface area contributed by atoms with Crippen LogP contribution in [0.2, 0.25) is 0 Å². The monoisotopic (exact) mass is 347 g/mol. The minimum atomic E-state index is -1.24. The zero-order chi connectivity index (χ0) is 17.6. The SMILES string of the molecule is NC(=O)[C@@H]1C[C@H](F)CN1C(=O)c1ccc(C2CC2)c(OCC2CC2)n1. The maximum absolute atomic E-state index is 13.7. The molecule has 1 saturated heterocycles. The summed E-state index contributed by atoms with van der Waals surface area (Å²) in [6, 6.07) is 2.61. The van der Waals surface area contributed by atoms with Crippen molar-refractivity contribution >= 4 is 11.8 Å². The summed E-state index contributed by atoms with van der Waals surface area (Å²) >= 11 is 0. The summed E-state index contributed by atoms with van der Waals surface area (Å²) in [5.41, 5.74) is 6.52. The summed E-state index contributed by atoms with van der Waals surface area (Å²) in [5, 5.41) is 0. The number of hydrogen-bond acceptors (Lipinski definition) is 4. The highest BCUT2D eigenvalue weighted by Crippen LogP contribution is 2.44. The van der Waals surface area contributed by atoms with Crippen molar-refractivity contribution in [1.82, 2.24) is 9.88 Å². The fourth-order valence-electron chi connectivity index (χ4n) is 3.30. The van der Waals surface area contributed by atoms with Gasteiger partial charge < -0.3 is 15.4 Å². The average Bonchev–Trinajstić information content (AvgIpc) is 3.50. The van der Waals surface area contributed by atoms with Crippen molar-refractivity contribution in [1.29, 1.82) is 0 Å². The third-order valence-corrected chi connectivity index (χ3v) is 5.12. The Hall–Kier alpha value is -2.18. The van der Waals surface area contributed by atoms with E-state index in [4.69, 9.17) is 10.5 Å². The lowest BCUT2D eigenvalue weighted by Gasteiger charge is -2.22. The number of primary amides is 1. The molecule has 2 aliphatic carbocycles. The van der Waals surface area contributed by atoms with Gasteiger partial charge in [0.15, 0.2) is 0 Å². The highest BCUT2D eigenvalue weighted by molar-refractivity contribution is 5.96. The Bertz CT molecular complexity index is 703. The molecule has 3 fully saturated rings. The number of likely N-dealkylation sites (tertiary alicyclic amines) is 1. The van der Waals surface area contributed by atoms with Crippen LogP contribution < -0.4 is 10.5 Å². The number of carbonyl (C=O) groups excluding carboxylic acids is 2. The zero-order valence-corrected chi connectivity index (χ0v) is 14.0. The Labute approximate surface area is 145 Å². The molecule has 4 rings (SSSR count). The maximum Gasteiger partial charge on any atom is 0.273 e. The predicted molar refractivity (Wildman–Crippen MR) is 88.0 cm³/mol. The van der Waals surface area contributed by atoms with Gasteiger partial charge in [0.05, 0.1) is 13.2 Å². The van der Waals surface area contributed by atoms with E-state index in [0.29, 0.717) is 24.3 Å². The molecule has 2 heterocycles. The van der Waals surface area contributed by atoms with Gasteiger partial charge in [-0.3, -0.25) is 9.59 Å². The van der Waals surface area contributed by atoms with Crippen molar-refractivity contribution in [2.45, 2.75) is 50.2 Å². The van der Waals surface area contributed by atoms with Gasteiger partial charge in [0, 0.05) is 12.0 Å². The largest absolute Gasteiger partial charge is 0.477 e. The lowest BCUT2D eigenvalue weighted by atomic mass is 10.1. The number of carbonyl (C=O) groups is 2. The fourth-order valence-corrected chi connectivity index (χ4v) is 3.30. The third-order valence-electron chi connectivity index (χ3n) is 5.12. The normalized spacial score (nSPS) is 25.9. The molecule has 0 radical (unpaired) electrons. The Morgan fingerprint density at radius 2 is 2.04 bits per heavy atom. The molecule has 25 heavy (non-hydrogen) atoms. The first kappa shape index (κ1) is 16.3. The molecular weight excluding hydrogens is 325 g/mol. The van der Waals surface area contributed by atoms with Gasteiger partial charge in [-0.25, -0.2) is 9.37 Å². The van der Waals surface area contributed by atoms with Crippen molar-refractivity contribution in [3.63, 3.8) is 0 Å². The number of ether oxygens (including phenoxy) is 1. The smallest absolute Gasteiger partial charge is 0.273 e. The summed E-state index contributed by atoms with van der Waals surface area (Å²) in [5.74, 6) is 0.382. The maximum atomic E-state index is 13.7. The number of rotatable bonds is 6. The summed E-state index contributed by atoms with van der Waals surface area (Å²) in [6.07, 6.45) is 3.26. The van der Waals surface area contributed by atoms with E-state index >= 15 is 0 Å². The highest BCUT2D eigenvalue weighted by atomic mass is 19.1. The van der Waals surface area contributed by atoms with E-state index in [0.717, 1.165) is 18.4 Å². The van der Waals surface area contributed by atoms with Gasteiger partial charge in [-0.1, -0.05) is 6.07 Å². The van der Waals surface area contributed by atoms with Gasteiger partial charge in [0.25, 0.3) is 5.91 Å². The van der Waals surface area contributed by atoms with E-state index in [2.05, 4.69) is 4.98 Å². The molecule has 3 aliphatic rings. The number of amides is 2. The Morgan fingerprint density at radius 1 is 1.28 bits per heavy atom. The summed E-state index contributed by atoms with van der Waals surface area (Å²) in [6.45, 7) is 0.487. The fraction of sp³-hybridized carbons (Fsp3) is 0.611. The number of aromatic nitrogens is 1. The minimum absolute atomic E-state index is 0.0493. The van der Waals surface area contributed by atoms with Crippen LogP contribution in [-0.4, -0.2) is 47.1 Å². The van der Waals surface area contributed by atoms with E-state index in [1.165, 1.54) is 17.7 Å². The van der Waals surface area contributed by atoms with Crippen LogP contribution in [0.15, 0.2) is 12.1 Å². The van der Waals surface area contributed by atoms with E-state index in [1.807, 2.05) is 6.07 Å². The van der Waals surface area contributed by atoms with Crippen molar-refractivity contribution in [2.75, 3.05) is 13.2 Å². The molecule has 1 aliphatic heterocycles. The number of pyridine rings is 1. The van der Waals surface area contributed by atoms with Gasteiger partial charge in [0.2, 0.25) is 11.8 Å². The van der Waals surface area contributed by atoms with Crippen molar-refractivity contribution < 1.29 is 18.7 Å². The van der Waals surface area contributed by atoms with E-state index in [1.54, 1.807) is 6.07 Å². The van der Waals surface area contributed by atoms with E-state index in [-0.39, 0.29) is 18.7 Å². The van der Waals surface area contributed by atoms with Gasteiger partial charge in [-0.2, -0.15) is 0 Å². The van der Waals surface area contributed by atoms with Crippen molar-refractivity contribution in [2.24, 2.45) is 11.7 Å². The molecule has 0 spiro atoms. The Morgan fingerprint density at radius 3 is 2.68 bits per heavy atom. The molecule has 7 heteroatoms. The van der Waals surface area contributed by atoms with Gasteiger partial charge in [-0.05, 0) is 43.6 Å². The Kier molecular flexibility index (Phi) is 4.09. The first-order valence-electron chi connectivity index (χ1n) is 8.91. The first-order valence-corrected chi connectivity index (χ1v) is 8.91. The number of nitrogens with two attached hydrogens (primary N) is 1. The van der Waals surface area contributed by atoms with Crippen LogP contribution in [0.4, 0.5) is 4.39 Å². The summed E-state index contributed by atoms with van der Waals surface area (Å²) < 4.78 is 19.6. The standard InChI is InChI=1S/C18H22FN3O3/c19-12-7-15(16(20)23)22(8-12)18(24)14-6-5-13(11-3-4-11)17(21-14)25-9-10-1-2-10/h5-6,10-12,15H,1-4,7-9H2,(H2,20,23)/t12-,15-/m0/s1. The molecular formula is C18H22FN3O3. The lowest BCUT2D eigenvalue weighted by Crippen LogP contribution is -2.44. The molecule has 2 amide bonds. The number of alkyl halides is 1. The minimum Gasteiger partial charge on any atom is -0.477 e. The summed E-state index contributed by atoms with van der Waals surface area (Å²) in [4.78, 5) is 29.9. The molecule has 0 unspecified atom stereocenters. The van der Waals surface area contributed by atoms with E-state index in [9.17, 15) is 14.0 Å². The van der Waals surface area contributed by atoms with Crippen LogP contribution in [0.1, 0.15) is 54.1 Å². The third kappa shape index (κ3) is 3.45. The molecule has 6 nitrogen and oxygen atoms in total. The number of hydrogen-bond donors (Lipinski definition) is 1. The topological polar surface area (TPSA) is 85.5 Å². The number of halogens is 1. The van der Waals surface area contributed by atoms with Gasteiger partial charge in [-0.15, -0.1) is 0 Å². The second-order valence-electron chi connectivity index (χ2n) is 7.33. The first-order chi connectivity index (χ1) is 12.0. The number of nitrogens with zero attached hydrogens (tertiary/aromatic N) is 2. The average molecular weight is 347 g/mol. The molecule has 2 atom stereocenters. The molecule has 134 valence electrons. The van der Waals surface area contributed by atoms with Gasteiger partial charge >= 0.3 is 0 Å². The van der Waals surface area contributed by atoms with Crippen LogP contribution >= 0.6 is 0 Å². The van der Waals surface area contributed by atoms with E-state index < -0.39 is 24.0 Å². The van der Waals surface area contributed by atoms with Crippen LogP contribution in [0.3, 0.4) is 0 Å². The van der Waals surface area contributed by atoms with Crippen molar-refractivity contribution in [3.8, 4) is 5.88 Å². The molecule has 1 aromatic rings. The Balaban J connectivity index is 1.57. The van der Waals surface area contributed by atoms with Gasteiger partial charge in [0.1, 0.15) is 17.9 Å². The van der Waals surface area contributed by atoms with Crippen LogP contribution in [0.25, 0.3) is 0 Å². The van der Waals surface area contributed by atoms with Crippen LogP contribution in [0.5, 0.6) is 5.88 Å². The van der Waals surface area contributed by atoms with Crippen LogP contribution in [-0.2, 0) is 4.79 Å². The molecule has 0 aromatic carbocycles. The van der Waals surface area contributed by atoms with Crippen LogP contribution in [0, 0.1) is 5.92 Å². The quantitative estimate of drug-likeness (QED) is 0.850. The summed E-state index contributed by atoms with van der Waals surface area (Å²) in [7, 11) is 0. The van der Waals surface area contributed by atoms with Crippen molar-refractivity contribution in [3.05, 3.63) is 23.4 Å². The second-order valence-corrected chi connectivity index (χ2v) is 7.33. The lowest BCUT2D eigenvalue weighted by molar-refractivity contribution is -0.121. The molecule has 2 N–H and O–H groups in total. The second kappa shape index (κ2) is 6.28. The highest BCUT2D eigenvalue weighted by Gasteiger charge is 2.40.